The molecular formula is C18H25F2N3O. The van der Waals surface area contributed by atoms with Gasteiger partial charge in [0.25, 0.3) is 0 Å². The number of halogens is 2. The van der Waals surface area contributed by atoms with Gasteiger partial charge in [0.15, 0.2) is 11.6 Å². The fourth-order valence-electron chi connectivity index (χ4n) is 3.93. The average Bonchev–Trinajstić information content (AvgIpc) is 2.92. The number of piperazine rings is 1. The second-order valence-electron chi connectivity index (χ2n) is 6.99. The van der Waals surface area contributed by atoms with E-state index in [1.54, 1.807) is 19.1 Å². The van der Waals surface area contributed by atoms with Gasteiger partial charge in [-0.25, -0.2) is 8.78 Å². The molecule has 132 valence electrons. The van der Waals surface area contributed by atoms with Gasteiger partial charge in [-0.3, -0.25) is 14.6 Å². The zero-order valence-corrected chi connectivity index (χ0v) is 14.3. The summed E-state index contributed by atoms with van der Waals surface area (Å²) in [5.74, 6) is -0.900. The summed E-state index contributed by atoms with van der Waals surface area (Å²) < 4.78 is 27.2. The van der Waals surface area contributed by atoms with E-state index in [-0.39, 0.29) is 5.91 Å². The normalized spacial score (nSPS) is 26.1. The molecule has 0 unspecified atom stereocenters. The Morgan fingerprint density at radius 2 is 1.88 bits per heavy atom. The fraction of sp³-hybridized carbons (Fsp3) is 0.611. The van der Waals surface area contributed by atoms with Crippen molar-refractivity contribution >= 4 is 5.91 Å². The van der Waals surface area contributed by atoms with Gasteiger partial charge in [-0.15, -0.1) is 0 Å². The summed E-state index contributed by atoms with van der Waals surface area (Å²) >= 11 is 0. The van der Waals surface area contributed by atoms with E-state index in [0.29, 0.717) is 24.1 Å². The quantitative estimate of drug-likeness (QED) is 0.843. The summed E-state index contributed by atoms with van der Waals surface area (Å²) in [5, 5.41) is 0. The van der Waals surface area contributed by atoms with Crippen LogP contribution in [-0.2, 0) is 11.3 Å². The number of amides is 1. The van der Waals surface area contributed by atoms with Crippen LogP contribution in [0.1, 0.15) is 19.4 Å². The predicted octanol–water partition coefficient (Wildman–Crippen LogP) is 1.95. The second kappa shape index (κ2) is 7.15. The average molecular weight is 337 g/mol. The van der Waals surface area contributed by atoms with Crippen LogP contribution in [0.15, 0.2) is 18.2 Å². The minimum atomic E-state index is -0.781. The molecule has 0 spiro atoms. The molecule has 0 aliphatic carbocycles. The van der Waals surface area contributed by atoms with E-state index in [1.807, 2.05) is 4.90 Å². The van der Waals surface area contributed by atoms with Crippen LogP contribution in [0, 0.1) is 17.6 Å². The maximum absolute atomic E-state index is 13.9. The van der Waals surface area contributed by atoms with Crippen molar-refractivity contribution in [3.05, 3.63) is 35.4 Å². The minimum absolute atomic E-state index is 0.136. The molecule has 0 bridgehead atoms. The van der Waals surface area contributed by atoms with Crippen molar-refractivity contribution in [2.45, 2.75) is 26.4 Å². The van der Waals surface area contributed by atoms with Crippen molar-refractivity contribution in [2.24, 2.45) is 5.92 Å². The van der Waals surface area contributed by atoms with Crippen LogP contribution in [0.5, 0.6) is 0 Å². The van der Waals surface area contributed by atoms with Crippen LogP contribution in [0.4, 0.5) is 8.78 Å². The third kappa shape index (κ3) is 3.59. The standard InChI is InChI=1S/C18H25F2N3O/c1-13-10-21(11-15-4-3-5-16(19)18(15)20)12-17(13)23-8-6-22(7-9-23)14(2)24/h3-5,13,17H,6-12H2,1-2H3/t13-,17-/m1/s1. The predicted molar refractivity (Wildman–Crippen MR) is 88.4 cm³/mol. The molecule has 2 saturated heterocycles. The molecule has 2 heterocycles. The highest BCUT2D eigenvalue weighted by atomic mass is 19.2. The van der Waals surface area contributed by atoms with Crippen LogP contribution >= 0.6 is 0 Å². The molecule has 3 rings (SSSR count). The molecule has 1 aromatic carbocycles. The molecule has 4 nitrogen and oxygen atoms in total. The Morgan fingerprint density at radius 1 is 1.17 bits per heavy atom. The maximum atomic E-state index is 13.9. The Balaban J connectivity index is 1.59. The van der Waals surface area contributed by atoms with Gasteiger partial charge in [-0.2, -0.15) is 0 Å². The highest BCUT2D eigenvalue weighted by Gasteiger charge is 2.35. The molecule has 1 amide bonds. The molecule has 0 saturated carbocycles. The zero-order chi connectivity index (χ0) is 17.3. The molecule has 2 fully saturated rings. The van der Waals surface area contributed by atoms with Gasteiger partial charge in [-0.1, -0.05) is 19.1 Å². The van der Waals surface area contributed by atoms with Gasteiger partial charge in [0, 0.05) is 64.3 Å². The van der Waals surface area contributed by atoms with Crippen LogP contribution in [0.3, 0.4) is 0 Å². The molecule has 2 atom stereocenters. The Morgan fingerprint density at radius 3 is 2.54 bits per heavy atom. The van der Waals surface area contributed by atoms with E-state index in [4.69, 9.17) is 0 Å². The lowest BCUT2D eigenvalue weighted by molar-refractivity contribution is -0.130. The third-order valence-electron chi connectivity index (χ3n) is 5.30. The van der Waals surface area contributed by atoms with Gasteiger partial charge in [0.05, 0.1) is 0 Å². The van der Waals surface area contributed by atoms with E-state index >= 15 is 0 Å². The summed E-state index contributed by atoms with van der Waals surface area (Å²) in [4.78, 5) is 18.0. The number of carbonyl (C=O) groups is 1. The topological polar surface area (TPSA) is 26.8 Å². The minimum Gasteiger partial charge on any atom is -0.340 e. The third-order valence-corrected chi connectivity index (χ3v) is 5.30. The van der Waals surface area contributed by atoms with E-state index < -0.39 is 11.6 Å². The lowest BCUT2D eigenvalue weighted by Crippen LogP contribution is -2.53. The largest absolute Gasteiger partial charge is 0.340 e. The first-order chi connectivity index (χ1) is 11.5. The SMILES string of the molecule is CC(=O)N1CCN([C@@H]2CN(Cc3cccc(F)c3F)C[C@H]2C)CC1. The zero-order valence-electron chi connectivity index (χ0n) is 14.3. The Hall–Kier alpha value is -1.53. The molecular weight excluding hydrogens is 312 g/mol. The highest BCUT2D eigenvalue weighted by Crippen LogP contribution is 2.25. The van der Waals surface area contributed by atoms with Gasteiger partial charge in [-0.05, 0) is 12.0 Å². The molecule has 24 heavy (non-hydrogen) atoms. The van der Waals surface area contributed by atoms with Crippen molar-refractivity contribution in [2.75, 3.05) is 39.3 Å². The van der Waals surface area contributed by atoms with Crippen LogP contribution < -0.4 is 0 Å². The van der Waals surface area contributed by atoms with Crippen LogP contribution in [0.2, 0.25) is 0 Å². The number of rotatable bonds is 3. The van der Waals surface area contributed by atoms with Gasteiger partial charge in [0.2, 0.25) is 5.91 Å². The number of likely N-dealkylation sites (tertiary alicyclic amines) is 1. The molecule has 2 aliphatic heterocycles. The van der Waals surface area contributed by atoms with E-state index in [0.717, 1.165) is 45.3 Å². The summed E-state index contributed by atoms with van der Waals surface area (Å²) in [6.07, 6.45) is 0. The molecule has 1 aromatic rings. The first-order valence-electron chi connectivity index (χ1n) is 8.60. The number of benzene rings is 1. The molecule has 0 aromatic heterocycles. The smallest absolute Gasteiger partial charge is 0.219 e. The summed E-state index contributed by atoms with van der Waals surface area (Å²) in [6.45, 7) is 9.33. The number of carbonyl (C=O) groups excluding carboxylic acids is 1. The maximum Gasteiger partial charge on any atom is 0.219 e. The molecule has 0 N–H and O–H groups in total. The van der Waals surface area contributed by atoms with E-state index in [9.17, 15) is 13.6 Å². The second-order valence-corrected chi connectivity index (χ2v) is 6.99. The number of hydrogen-bond donors (Lipinski definition) is 0. The van der Waals surface area contributed by atoms with Gasteiger partial charge in [0.1, 0.15) is 0 Å². The van der Waals surface area contributed by atoms with Crippen LogP contribution in [-0.4, -0.2) is 65.9 Å². The van der Waals surface area contributed by atoms with Crippen molar-refractivity contribution < 1.29 is 13.6 Å². The Labute approximate surface area is 142 Å². The molecule has 6 heteroatoms. The van der Waals surface area contributed by atoms with E-state index in [1.165, 1.54) is 0 Å². The Kier molecular flexibility index (Phi) is 5.15. The highest BCUT2D eigenvalue weighted by molar-refractivity contribution is 5.73. The molecule has 2 aliphatic rings. The number of hydrogen-bond acceptors (Lipinski definition) is 3. The van der Waals surface area contributed by atoms with Crippen LogP contribution in [0.25, 0.3) is 0 Å². The monoisotopic (exact) mass is 337 g/mol. The summed E-state index contributed by atoms with van der Waals surface area (Å²) in [7, 11) is 0. The number of nitrogens with zero attached hydrogens (tertiary/aromatic N) is 3. The summed E-state index contributed by atoms with van der Waals surface area (Å²) in [5.41, 5.74) is 0.421. The lowest BCUT2D eigenvalue weighted by Gasteiger charge is -2.39. The van der Waals surface area contributed by atoms with Crippen molar-refractivity contribution in [3.63, 3.8) is 0 Å². The summed E-state index contributed by atoms with van der Waals surface area (Å²) in [6, 6.07) is 4.78. The molecule has 0 radical (unpaired) electrons. The first-order valence-corrected chi connectivity index (χ1v) is 8.60. The Bertz CT molecular complexity index is 602. The van der Waals surface area contributed by atoms with E-state index in [2.05, 4.69) is 16.7 Å². The fourth-order valence-corrected chi connectivity index (χ4v) is 3.93. The van der Waals surface area contributed by atoms with Gasteiger partial charge >= 0.3 is 0 Å². The van der Waals surface area contributed by atoms with Crippen molar-refractivity contribution in [3.8, 4) is 0 Å². The van der Waals surface area contributed by atoms with Crippen molar-refractivity contribution in [1.29, 1.82) is 0 Å². The lowest BCUT2D eigenvalue weighted by atomic mass is 10.0. The first kappa shape index (κ1) is 17.3. The van der Waals surface area contributed by atoms with Crippen molar-refractivity contribution in [1.82, 2.24) is 14.7 Å². The van der Waals surface area contributed by atoms with Gasteiger partial charge < -0.3 is 4.90 Å².